The Balaban J connectivity index is 2.06. The summed E-state index contributed by atoms with van der Waals surface area (Å²) in [5.74, 6) is 0.905. The van der Waals surface area contributed by atoms with Crippen molar-refractivity contribution < 1.29 is 4.74 Å². The molecule has 0 aromatic heterocycles. The first-order chi connectivity index (χ1) is 9.56. The van der Waals surface area contributed by atoms with Crippen LogP contribution in [0.15, 0.2) is 34.8 Å². The van der Waals surface area contributed by atoms with Crippen molar-refractivity contribution in [3.63, 3.8) is 0 Å². The standard InChI is InChI=1S/C16H15BrClNO/c1-9-6-10(2-3-14(9)17)15(19)13-8-12(18)7-11-4-5-20-16(11)13/h2-3,6-8,15H,4-5,19H2,1H3. The number of rotatable bonds is 2. The molecule has 2 nitrogen and oxygen atoms in total. The van der Waals surface area contributed by atoms with E-state index < -0.39 is 0 Å². The molecule has 0 bridgehead atoms. The van der Waals surface area contributed by atoms with Crippen molar-refractivity contribution in [1.29, 1.82) is 0 Å². The van der Waals surface area contributed by atoms with Gasteiger partial charge in [0, 0.05) is 21.5 Å². The average Bonchev–Trinajstić information content (AvgIpc) is 2.88. The maximum Gasteiger partial charge on any atom is 0.127 e. The second-order valence-electron chi connectivity index (χ2n) is 5.07. The molecule has 2 N–H and O–H groups in total. The Morgan fingerprint density at radius 2 is 2.10 bits per heavy atom. The van der Waals surface area contributed by atoms with Crippen molar-refractivity contribution in [3.8, 4) is 5.75 Å². The molecule has 0 spiro atoms. The average molecular weight is 353 g/mol. The minimum absolute atomic E-state index is 0.229. The van der Waals surface area contributed by atoms with Crippen LogP contribution in [0.5, 0.6) is 5.75 Å². The van der Waals surface area contributed by atoms with Gasteiger partial charge in [-0.05, 0) is 41.8 Å². The van der Waals surface area contributed by atoms with Crippen LogP contribution in [-0.4, -0.2) is 6.61 Å². The molecule has 0 aliphatic carbocycles. The quantitative estimate of drug-likeness (QED) is 0.870. The summed E-state index contributed by atoms with van der Waals surface area (Å²) < 4.78 is 6.82. The van der Waals surface area contributed by atoms with Crippen LogP contribution in [0.3, 0.4) is 0 Å². The van der Waals surface area contributed by atoms with Crippen LogP contribution in [0, 0.1) is 6.92 Å². The molecule has 4 heteroatoms. The molecule has 104 valence electrons. The van der Waals surface area contributed by atoms with E-state index in [2.05, 4.69) is 28.9 Å². The summed E-state index contributed by atoms with van der Waals surface area (Å²) >= 11 is 9.71. The van der Waals surface area contributed by atoms with Crippen LogP contribution in [0.2, 0.25) is 5.02 Å². The van der Waals surface area contributed by atoms with Crippen molar-refractivity contribution in [2.45, 2.75) is 19.4 Å². The lowest BCUT2D eigenvalue weighted by atomic mass is 9.95. The second kappa shape index (κ2) is 5.40. The SMILES string of the molecule is Cc1cc(C(N)c2cc(Cl)cc3c2OCC3)ccc1Br. The van der Waals surface area contributed by atoms with E-state index in [9.17, 15) is 0 Å². The Morgan fingerprint density at radius 1 is 1.30 bits per heavy atom. The number of hydrogen-bond acceptors (Lipinski definition) is 2. The first-order valence-corrected chi connectivity index (χ1v) is 7.70. The smallest absolute Gasteiger partial charge is 0.127 e. The summed E-state index contributed by atoms with van der Waals surface area (Å²) in [6, 6.07) is 9.80. The van der Waals surface area contributed by atoms with Crippen molar-refractivity contribution in [2.75, 3.05) is 6.61 Å². The molecular weight excluding hydrogens is 338 g/mol. The zero-order valence-electron chi connectivity index (χ0n) is 11.1. The van der Waals surface area contributed by atoms with Crippen LogP contribution in [0.25, 0.3) is 0 Å². The van der Waals surface area contributed by atoms with Gasteiger partial charge in [0.2, 0.25) is 0 Å². The van der Waals surface area contributed by atoms with Gasteiger partial charge in [-0.2, -0.15) is 0 Å². The van der Waals surface area contributed by atoms with Gasteiger partial charge in [0.15, 0.2) is 0 Å². The number of aryl methyl sites for hydroxylation is 1. The topological polar surface area (TPSA) is 35.2 Å². The lowest BCUT2D eigenvalue weighted by Crippen LogP contribution is -2.13. The zero-order valence-corrected chi connectivity index (χ0v) is 13.5. The molecule has 2 aromatic carbocycles. The summed E-state index contributed by atoms with van der Waals surface area (Å²) in [5.41, 5.74) is 10.8. The minimum Gasteiger partial charge on any atom is -0.493 e. The van der Waals surface area contributed by atoms with Crippen molar-refractivity contribution in [2.24, 2.45) is 5.73 Å². The van der Waals surface area contributed by atoms with Gasteiger partial charge in [0.05, 0.1) is 12.6 Å². The van der Waals surface area contributed by atoms with Gasteiger partial charge in [-0.15, -0.1) is 0 Å². The molecule has 1 aliphatic rings. The van der Waals surface area contributed by atoms with Crippen LogP contribution in [-0.2, 0) is 6.42 Å². The van der Waals surface area contributed by atoms with Crippen LogP contribution < -0.4 is 10.5 Å². The van der Waals surface area contributed by atoms with Gasteiger partial charge >= 0.3 is 0 Å². The fourth-order valence-corrected chi connectivity index (χ4v) is 3.07. The monoisotopic (exact) mass is 351 g/mol. The maximum atomic E-state index is 6.42. The normalized spacial score (nSPS) is 14.8. The largest absolute Gasteiger partial charge is 0.493 e. The Morgan fingerprint density at radius 3 is 2.85 bits per heavy atom. The number of hydrogen-bond donors (Lipinski definition) is 1. The third-order valence-corrected chi connectivity index (χ3v) is 4.76. The van der Waals surface area contributed by atoms with Crippen LogP contribution in [0.4, 0.5) is 0 Å². The van der Waals surface area contributed by atoms with Gasteiger partial charge in [0.25, 0.3) is 0 Å². The van der Waals surface area contributed by atoms with E-state index in [0.29, 0.717) is 11.6 Å². The molecule has 0 saturated heterocycles. The Hall–Kier alpha value is -1.03. The number of halogens is 2. The van der Waals surface area contributed by atoms with E-state index >= 15 is 0 Å². The summed E-state index contributed by atoms with van der Waals surface area (Å²) in [4.78, 5) is 0. The third-order valence-electron chi connectivity index (χ3n) is 3.65. The molecule has 0 amide bonds. The summed E-state index contributed by atoms with van der Waals surface area (Å²) in [6.45, 7) is 2.76. The van der Waals surface area contributed by atoms with Gasteiger partial charge in [-0.1, -0.05) is 39.7 Å². The van der Waals surface area contributed by atoms with Crippen molar-refractivity contribution in [3.05, 3.63) is 62.1 Å². The van der Waals surface area contributed by atoms with Crippen molar-refractivity contribution >= 4 is 27.5 Å². The fourth-order valence-electron chi connectivity index (χ4n) is 2.57. The zero-order chi connectivity index (χ0) is 14.3. The minimum atomic E-state index is -0.229. The summed E-state index contributed by atoms with van der Waals surface area (Å²) in [6.07, 6.45) is 0.898. The summed E-state index contributed by atoms with van der Waals surface area (Å²) in [7, 11) is 0. The number of benzene rings is 2. The first-order valence-electron chi connectivity index (χ1n) is 6.53. The van der Waals surface area contributed by atoms with E-state index in [1.807, 2.05) is 24.3 Å². The van der Waals surface area contributed by atoms with E-state index in [-0.39, 0.29) is 6.04 Å². The predicted molar refractivity (Wildman–Crippen MR) is 85.6 cm³/mol. The highest BCUT2D eigenvalue weighted by atomic mass is 79.9. The van der Waals surface area contributed by atoms with Crippen LogP contribution in [0.1, 0.15) is 28.3 Å². The number of fused-ring (bicyclic) bond motifs is 1. The van der Waals surface area contributed by atoms with Gasteiger partial charge in [0.1, 0.15) is 5.75 Å². The molecule has 20 heavy (non-hydrogen) atoms. The van der Waals surface area contributed by atoms with Gasteiger partial charge in [-0.3, -0.25) is 0 Å². The highest BCUT2D eigenvalue weighted by Crippen LogP contribution is 2.38. The lowest BCUT2D eigenvalue weighted by molar-refractivity contribution is 0.352. The fraction of sp³-hybridized carbons (Fsp3) is 0.250. The van der Waals surface area contributed by atoms with Gasteiger partial charge < -0.3 is 10.5 Å². The predicted octanol–water partition coefficient (Wildman–Crippen LogP) is 4.39. The van der Waals surface area contributed by atoms with Gasteiger partial charge in [-0.25, -0.2) is 0 Å². The van der Waals surface area contributed by atoms with E-state index in [0.717, 1.165) is 38.9 Å². The van der Waals surface area contributed by atoms with Crippen molar-refractivity contribution in [1.82, 2.24) is 0 Å². The Bertz CT molecular complexity index is 672. The molecule has 2 aromatic rings. The van der Waals surface area contributed by atoms with E-state index in [1.54, 1.807) is 0 Å². The lowest BCUT2D eigenvalue weighted by Gasteiger charge is -2.17. The molecule has 1 heterocycles. The highest BCUT2D eigenvalue weighted by molar-refractivity contribution is 9.10. The molecule has 1 atom stereocenters. The molecule has 3 rings (SSSR count). The molecule has 0 fully saturated rings. The highest BCUT2D eigenvalue weighted by Gasteiger charge is 2.22. The molecular formula is C16H15BrClNO. The molecule has 1 aliphatic heterocycles. The first kappa shape index (κ1) is 13.9. The Kier molecular flexibility index (Phi) is 3.76. The van der Waals surface area contributed by atoms with E-state index in [1.165, 1.54) is 0 Å². The maximum absolute atomic E-state index is 6.42. The molecule has 0 saturated carbocycles. The molecule has 0 radical (unpaired) electrons. The summed E-state index contributed by atoms with van der Waals surface area (Å²) in [5, 5.41) is 0.716. The third kappa shape index (κ3) is 2.46. The van der Waals surface area contributed by atoms with Crippen LogP contribution >= 0.6 is 27.5 Å². The Labute approximate surface area is 132 Å². The van der Waals surface area contributed by atoms with E-state index in [4.69, 9.17) is 22.1 Å². The number of ether oxygens (including phenoxy) is 1. The molecule has 1 unspecified atom stereocenters. The number of nitrogens with two attached hydrogens (primary N) is 1. The second-order valence-corrected chi connectivity index (χ2v) is 6.36.